The van der Waals surface area contributed by atoms with Crippen LogP contribution in [0.1, 0.15) is 17.4 Å². The van der Waals surface area contributed by atoms with Gasteiger partial charge in [0.25, 0.3) is 0 Å². The van der Waals surface area contributed by atoms with Crippen LogP contribution >= 0.6 is 0 Å². The number of halogens is 1. The molecular weight excluding hydrogens is 403 g/mol. The molecule has 0 saturated heterocycles. The fraction of sp³-hybridized carbons (Fsp3) is 0.200. The minimum atomic E-state index is -0.716. The maximum Gasteiger partial charge on any atom is 0.412 e. The van der Waals surface area contributed by atoms with E-state index in [9.17, 15) is 9.18 Å². The number of carbonyl (C=O) groups excluding carboxylic acids is 1. The molecule has 1 aliphatic heterocycles. The van der Waals surface area contributed by atoms with Crippen LogP contribution in [-0.2, 0) is 11.3 Å². The van der Waals surface area contributed by atoms with E-state index in [0.29, 0.717) is 16.9 Å². The number of carbonyl (C=O) groups is 1. The molecule has 4 rings (SSSR count). The summed E-state index contributed by atoms with van der Waals surface area (Å²) in [5, 5.41) is 7.71. The maximum atomic E-state index is 14.2. The van der Waals surface area contributed by atoms with E-state index in [4.69, 9.17) is 16.2 Å². The zero-order valence-corrected chi connectivity index (χ0v) is 16.9. The Morgan fingerprint density at radius 2 is 2.03 bits per heavy atom. The topological polar surface area (TPSA) is 137 Å². The molecule has 11 heteroatoms. The van der Waals surface area contributed by atoms with Gasteiger partial charge in [0.05, 0.1) is 6.54 Å². The highest BCUT2D eigenvalue weighted by molar-refractivity contribution is 5.98. The molecule has 5 N–H and O–H groups in total. The first kappa shape index (κ1) is 20.1. The number of benzene rings is 1. The Balaban J connectivity index is 1.76. The number of hydrogen-bond donors (Lipinski definition) is 3. The predicted molar refractivity (Wildman–Crippen MR) is 112 cm³/mol. The highest BCUT2D eigenvalue weighted by Gasteiger charge is 2.32. The van der Waals surface area contributed by atoms with Gasteiger partial charge in [-0.1, -0.05) is 18.2 Å². The molecule has 10 nitrogen and oxygen atoms in total. The maximum absolute atomic E-state index is 14.2. The van der Waals surface area contributed by atoms with Crippen LogP contribution in [0.15, 0.2) is 59.2 Å². The van der Waals surface area contributed by atoms with Crippen molar-refractivity contribution in [2.45, 2.75) is 12.7 Å². The Morgan fingerprint density at radius 3 is 2.77 bits per heavy atom. The number of nitrogens with one attached hydrogen (secondary N) is 1. The molecule has 1 unspecified atom stereocenters. The monoisotopic (exact) mass is 424 g/mol. The van der Waals surface area contributed by atoms with Gasteiger partial charge in [-0.15, -0.1) is 0 Å². The molecule has 1 amide bonds. The minimum Gasteiger partial charge on any atom is -0.402 e. The van der Waals surface area contributed by atoms with Gasteiger partial charge in [-0.3, -0.25) is 0 Å². The Morgan fingerprint density at radius 1 is 1.26 bits per heavy atom. The highest BCUT2D eigenvalue weighted by Crippen LogP contribution is 2.32. The molecule has 0 spiro atoms. The van der Waals surface area contributed by atoms with Crippen LogP contribution in [0.4, 0.5) is 9.18 Å². The lowest BCUT2D eigenvalue weighted by molar-refractivity contribution is 0.175. The van der Waals surface area contributed by atoms with E-state index in [1.807, 2.05) is 6.07 Å². The third-order valence-corrected chi connectivity index (χ3v) is 4.93. The average Bonchev–Trinajstić information content (AvgIpc) is 3.13. The third-order valence-electron chi connectivity index (χ3n) is 4.93. The zero-order valence-electron chi connectivity index (χ0n) is 16.9. The molecule has 0 fully saturated rings. The summed E-state index contributed by atoms with van der Waals surface area (Å²) in [5.74, 6) is -0.276. The number of aliphatic imine (C=N–C) groups is 1. The van der Waals surface area contributed by atoms with Crippen LogP contribution < -0.4 is 16.8 Å². The molecule has 31 heavy (non-hydrogen) atoms. The third kappa shape index (κ3) is 3.61. The number of aromatic nitrogens is 3. The molecule has 160 valence electrons. The Bertz CT molecular complexity index is 1220. The Labute approximate surface area is 177 Å². The van der Waals surface area contributed by atoms with Crippen molar-refractivity contribution in [3.05, 3.63) is 71.2 Å². The summed E-state index contributed by atoms with van der Waals surface area (Å²) in [6, 6.07) is 10.1. The van der Waals surface area contributed by atoms with Crippen LogP contribution in [0, 0.1) is 5.82 Å². The summed E-state index contributed by atoms with van der Waals surface area (Å²) in [5.41, 5.74) is 13.8. The van der Waals surface area contributed by atoms with Crippen LogP contribution in [0.25, 0.3) is 11.0 Å². The van der Waals surface area contributed by atoms with Crippen molar-refractivity contribution in [1.29, 1.82) is 0 Å². The van der Waals surface area contributed by atoms with Gasteiger partial charge in [-0.25, -0.2) is 23.8 Å². The van der Waals surface area contributed by atoms with Crippen LogP contribution in [0.5, 0.6) is 0 Å². The second-order valence-corrected chi connectivity index (χ2v) is 6.86. The lowest BCUT2D eigenvalue weighted by Crippen LogP contribution is -2.39. The summed E-state index contributed by atoms with van der Waals surface area (Å²) < 4.78 is 20.9. The summed E-state index contributed by atoms with van der Waals surface area (Å²) in [6.45, 7) is 0.187. The van der Waals surface area contributed by atoms with Crippen LogP contribution in [0.2, 0.25) is 0 Å². The molecule has 0 aliphatic carbocycles. The number of fused-ring (bicyclic) bond motifs is 1. The van der Waals surface area contributed by atoms with Crippen LogP contribution in [-0.4, -0.2) is 45.7 Å². The van der Waals surface area contributed by atoms with Crippen molar-refractivity contribution in [2.75, 3.05) is 14.1 Å². The normalized spacial score (nSPS) is 16.4. The fourth-order valence-electron chi connectivity index (χ4n) is 3.32. The number of ether oxygens (including phenoxy) is 1. The average molecular weight is 424 g/mol. The van der Waals surface area contributed by atoms with E-state index < -0.39 is 12.3 Å². The van der Waals surface area contributed by atoms with E-state index in [-0.39, 0.29) is 29.8 Å². The second-order valence-electron chi connectivity index (χ2n) is 6.86. The molecule has 0 radical (unpaired) electrons. The second kappa shape index (κ2) is 7.94. The lowest BCUT2D eigenvalue weighted by Gasteiger charge is -2.31. The van der Waals surface area contributed by atoms with Crippen molar-refractivity contribution in [1.82, 2.24) is 25.0 Å². The molecule has 1 atom stereocenters. The number of nitrogens with two attached hydrogens (primary N) is 2. The molecule has 0 saturated carbocycles. The van der Waals surface area contributed by atoms with Gasteiger partial charge in [0.15, 0.2) is 17.6 Å². The number of amides is 1. The van der Waals surface area contributed by atoms with Gasteiger partial charge >= 0.3 is 6.09 Å². The number of rotatable bonds is 4. The van der Waals surface area contributed by atoms with Gasteiger partial charge in [0, 0.05) is 31.2 Å². The molecule has 3 heterocycles. The van der Waals surface area contributed by atoms with Crippen molar-refractivity contribution < 1.29 is 13.9 Å². The fourth-order valence-corrected chi connectivity index (χ4v) is 3.32. The van der Waals surface area contributed by atoms with Gasteiger partial charge in [0.2, 0.25) is 5.76 Å². The molecule has 1 aliphatic rings. The largest absolute Gasteiger partial charge is 0.412 e. The first-order valence-electron chi connectivity index (χ1n) is 9.41. The Kier molecular flexibility index (Phi) is 5.15. The standard InChI is InChI=1S/C20H21FN8O2/c1-24-20(30)31-15-16(22)26-19(28(2)17(15)23)14-12-7-5-9-25-18(12)29(27-14)10-11-6-3-4-8-13(11)21/h3-9,19H,10,23H2,1-2H3,(H2,22,26)(H,24,30). The first-order valence-corrected chi connectivity index (χ1v) is 9.41. The van der Waals surface area contributed by atoms with E-state index in [2.05, 4.69) is 20.4 Å². The number of hydrogen-bond acceptors (Lipinski definition) is 8. The van der Waals surface area contributed by atoms with Crippen molar-refractivity contribution >= 4 is 23.0 Å². The first-order chi connectivity index (χ1) is 14.9. The van der Waals surface area contributed by atoms with Gasteiger partial charge in [0.1, 0.15) is 17.3 Å². The molecule has 1 aromatic carbocycles. The molecular formula is C20H21FN8O2. The number of nitrogens with zero attached hydrogens (tertiary/aromatic N) is 5. The summed E-state index contributed by atoms with van der Waals surface area (Å²) in [6.07, 6.45) is 0.231. The van der Waals surface area contributed by atoms with E-state index in [0.717, 1.165) is 5.39 Å². The zero-order chi connectivity index (χ0) is 22.1. The van der Waals surface area contributed by atoms with Gasteiger partial charge < -0.3 is 26.4 Å². The number of amidine groups is 1. The van der Waals surface area contributed by atoms with E-state index >= 15 is 0 Å². The number of pyridine rings is 1. The predicted octanol–water partition coefficient (Wildman–Crippen LogP) is 1.40. The Hall–Kier alpha value is -4.15. The van der Waals surface area contributed by atoms with Crippen LogP contribution in [0.3, 0.4) is 0 Å². The summed E-state index contributed by atoms with van der Waals surface area (Å²) >= 11 is 0. The van der Waals surface area contributed by atoms with Gasteiger partial charge in [-0.05, 0) is 18.2 Å². The van der Waals surface area contributed by atoms with Crippen molar-refractivity contribution in [3.63, 3.8) is 0 Å². The molecule has 2 aromatic heterocycles. The molecule has 3 aromatic rings. The summed E-state index contributed by atoms with van der Waals surface area (Å²) in [7, 11) is 3.10. The highest BCUT2D eigenvalue weighted by atomic mass is 19.1. The number of alkyl carbamates (subject to hydrolysis) is 1. The molecule has 0 bridgehead atoms. The minimum absolute atomic E-state index is 0.0358. The lowest BCUT2D eigenvalue weighted by atomic mass is 10.2. The SMILES string of the molecule is CNC(=O)OC1=C(N)N(C)C(c2nn(Cc3ccccc3F)c3ncccc23)N=C1N. The van der Waals surface area contributed by atoms with E-state index in [1.165, 1.54) is 13.1 Å². The van der Waals surface area contributed by atoms with E-state index in [1.54, 1.807) is 47.1 Å². The summed E-state index contributed by atoms with van der Waals surface area (Å²) in [4.78, 5) is 22.0. The van der Waals surface area contributed by atoms with Crippen molar-refractivity contribution in [3.8, 4) is 0 Å². The smallest absolute Gasteiger partial charge is 0.402 e. The quantitative estimate of drug-likeness (QED) is 0.576. The van der Waals surface area contributed by atoms with Gasteiger partial charge in [-0.2, -0.15) is 5.10 Å². The van der Waals surface area contributed by atoms with Crippen molar-refractivity contribution in [2.24, 2.45) is 16.5 Å².